The number of hydrogen-bond acceptors (Lipinski definition) is 4. The van der Waals surface area contributed by atoms with Gasteiger partial charge in [-0.3, -0.25) is 10.1 Å². The van der Waals surface area contributed by atoms with Crippen molar-refractivity contribution in [1.82, 2.24) is 0 Å². The number of aliphatic hydroxyl groups excluding tert-OH is 1. The molecule has 1 rings (SSSR count). The van der Waals surface area contributed by atoms with E-state index in [2.05, 4.69) is 6.92 Å². The van der Waals surface area contributed by atoms with Crippen LogP contribution in [-0.4, -0.2) is 16.6 Å². The number of aliphatic hydroxyl groups is 1. The minimum Gasteiger partial charge on any atom is -0.487 e. The Kier molecular flexibility index (Phi) is 8.43. The van der Waals surface area contributed by atoms with Crippen molar-refractivity contribution in [3.63, 3.8) is 0 Å². The molecule has 0 bridgehead atoms. The molecule has 0 aliphatic rings. The van der Waals surface area contributed by atoms with E-state index in [1.807, 2.05) is 0 Å². The van der Waals surface area contributed by atoms with Gasteiger partial charge in [0, 0.05) is 6.07 Å². The van der Waals surface area contributed by atoms with Crippen LogP contribution in [0, 0.1) is 10.1 Å². The fraction of sp³-hybridized carbons (Fsp3) is 0.625. The van der Waals surface area contributed by atoms with Crippen molar-refractivity contribution in [2.24, 2.45) is 0 Å². The monoisotopic (exact) mass is 295 g/mol. The molecule has 1 aromatic carbocycles. The van der Waals surface area contributed by atoms with E-state index in [9.17, 15) is 10.1 Å². The second-order valence-electron chi connectivity index (χ2n) is 5.19. The Labute approximate surface area is 126 Å². The van der Waals surface area contributed by atoms with Crippen molar-refractivity contribution in [2.75, 3.05) is 6.61 Å². The molecule has 0 atom stereocenters. The minimum atomic E-state index is -0.457. The van der Waals surface area contributed by atoms with Gasteiger partial charge in [-0.15, -0.1) is 0 Å². The van der Waals surface area contributed by atoms with Crippen molar-refractivity contribution in [3.8, 4) is 5.75 Å². The Hall–Kier alpha value is -1.62. The van der Waals surface area contributed by atoms with Gasteiger partial charge in [0.05, 0.1) is 18.1 Å². The highest BCUT2D eigenvalue weighted by atomic mass is 16.6. The molecule has 0 spiro atoms. The first-order valence-electron chi connectivity index (χ1n) is 7.70. The van der Waals surface area contributed by atoms with Crippen molar-refractivity contribution in [2.45, 2.75) is 58.5 Å². The lowest BCUT2D eigenvalue weighted by Crippen LogP contribution is -2.01. The highest BCUT2D eigenvalue weighted by molar-refractivity contribution is 5.48. The predicted octanol–water partition coefficient (Wildman–Crippen LogP) is 4.22. The summed E-state index contributed by atoms with van der Waals surface area (Å²) in [5.41, 5.74) is 0.574. The number of ether oxygens (including phenoxy) is 1. The summed E-state index contributed by atoms with van der Waals surface area (Å²) in [7, 11) is 0. The molecule has 0 aromatic heterocycles. The summed E-state index contributed by atoms with van der Waals surface area (Å²) in [5.74, 6) is 0.248. The molecule has 0 unspecified atom stereocenters. The Morgan fingerprint density at radius 3 is 2.43 bits per heavy atom. The Bertz CT molecular complexity index is 434. The first-order valence-corrected chi connectivity index (χ1v) is 7.70. The summed E-state index contributed by atoms with van der Waals surface area (Å²) in [6.45, 7) is 2.52. The average Bonchev–Trinajstić information content (AvgIpc) is 2.49. The molecule has 0 radical (unpaired) electrons. The van der Waals surface area contributed by atoms with Crippen LogP contribution < -0.4 is 4.74 Å². The molecule has 0 aliphatic heterocycles. The number of unbranched alkanes of at least 4 members (excludes halogenated alkanes) is 6. The van der Waals surface area contributed by atoms with Crippen molar-refractivity contribution in [3.05, 3.63) is 33.9 Å². The standard InChI is InChI=1S/C16H25NO4/c1-2-3-4-5-6-7-8-11-21-16-12-14(13-18)9-10-15(16)17(19)20/h9-10,12,18H,2-8,11,13H2,1H3. The second-order valence-corrected chi connectivity index (χ2v) is 5.19. The molecule has 1 N–H and O–H groups in total. The van der Waals surface area contributed by atoms with Crippen LogP contribution in [0.1, 0.15) is 57.4 Å². The third-order valence-electron chi connectivity index (χ3n) is 3.41. The van der Waals surface area contributed by atoms with Gasteiger partial charge in [0.1, 0.15) is 0 Å². The summed E-state index contributed by atoms with van der Waals surface area (Å²) in [5, 5.41) is 20.0. The lowest BCUT2D eigenvalue weighted by Gasteiger charge is -2.08. The van der Waals surface area contributed by atoms with E-state index in [0.29, 0.717) is 12.2 Å². The van der Waals surface area contributed by atoms with Gasteiger partial charge in [0.15, 0.2) is 5.75 Å². The average molecular weight is 295 g/mol. The van der Waals surface area contributed by atoms with Gasteiger partial charge in [0.2, 0.25) is 0 Å². The van der Waals surface area contributed by atoms with Crippen LogP contribution in [0.15, 0.2) is 18.2 Å². The highest BCUT2D eigenvalue weighted by Gasteiger charge is 2.15. The number of nitro benzene ring substituents is 1. The summed E-state index contributed by atoms with van der Waals surface area (Å²) < 4.78 is 5.52. The molecule has 5 nitrogen and oxygen atoms in total. The minimum absolute atomic E-state index is 0.0462. The van der Waals surface area contributed by atoms with Crippen LogP contribution in [-0.2, 0) is 6.61 Å². The summed E-state index contributed by atoms with van der Waals surface area (Å²) >= 11 is 0. The third kappa shape index (κ3) is 6.58. The van der Waals surface area contributed by atoms with Crippen molar-refractivity contribution in [1.29, 1.82) is 0 Å². The van der Waals surface area contributed by atoms with E-state index in [-0.39, 0.29) is 18.0 Å². The molecule has 0 amide bonds. The van der Waals surface area contributed by atoms with Gasteiger partial charge >= 0.3 is 5.69 Å². The summed E-state index contributed by atoms with van der Waals surface area (Å²) in [4.78, 5) is 10.5. The second kappa shape index (κ2) is 10.2. The zero-order chi connectivity index (χ0) is 15.5. The molecular formula is C16H25NO4. The molecule has 0 saturated carbocycles. The zero-order valence-electron chi connectivity index (χ0n) is 12.7. The van der Waals surface area contributed by atoms with Crippen LogP contribution in [0.4, 0.5) is 5.69 Å². The molecule has 21 heavy (non-hydrogen) atoms. The van der Waals surface area contributed by atoms with Crippen LogP contribution >= 0.6 is 0 Å². The number of nitro groups is 1. The number of nitrogens with zero attached hydrogens (tertiary/aromatic N) is 1. The Morgan fingerprint density at radius 2 is 1.81 bits per heavy atom. The van der Waals surface area contributed by atoms with E-state index >= 15 is 0 Å². The quantitative estimate of drug-likeness (QED) is 0.377. The SMILES string of the molecule is CCCCCCCCCOc1cc(CO)ccc1[N+](=O)[O-]. The van der Waals surface area contributed by atoms with Gasteiger partial charge in [-0.25, -0.2) is 0 Å². The van der Waals surface area contributed by atoms with Gasteiger partial charge in [0.25, 0.3) is 0 Å². The molecular weight excluding hydrogens is 270 g/mol. The normalized spacial score (nSPS) is 10.6. The number of benzene rings is 1. The number of hydrogen-bond donors (Lipinski definition) is 1. The molecule has 0 fully saturated rings. The van der Waals surface area contributed by atoms with Gasteiger partial charge in [-0.05, 0) is 24.1 Å². The fourth-order valence-electron chi connectivity index (χ4n) is 2.16. The summed E-state index contributed by atoms with van der Waals surface area (Å²) in [6, 6.07) is 4.46. The van der Waals surface area contributed by atoms with E-state index in [1.54, 1.807) is 12.1 Å². The Balaban J connectivity index is 2.35. The van der Waals surface area contributed by atoms with Gasteiger partial charge < -0.3 is 9.84 Å². The lowest BCUT2D eigenvalue weighted by atomic mass is 10.1. The molecule has 5 heteroatoms. The van der Waals surface area contributed by atoms with E-state index in [4.69, 9.17) is 9.84 Å². The van der Waals surface area contributed by atoms with E-state index in [0.717, 1.165) is 12.8 Å². The first kappa shape index (κ1) is 17.4. The van der Waals surface area contributed by atoms with Crippen LogP contribution in [0.5, 0.6) is 5.75 Å². The topological polar surface area (TPSA) is 72.6 Å². The zero-order valence-corrected chi connectivity index (χ0v) is 12.7. The highest BCUT2D eigenvalue weighted by Crippen LogP contribution is 2.28. The van der Waals surface area contributed by atoms with Gasteiger partial charge in [-0.1, -0.05) is 45.4 Å². The van der Waals surface area contributed by atoms with Crippen molar-refractivity contribution >= 4 is 5.69 Å². The third-order valence-corrected chi connectivity index (χ3v) is 3.41. The fourth-order valence-corrected chi connectivity index (χ4v) is 2.16. The maximum absolute atomic E-state index is 10.9. The molecule has 0 aliphatic carbocycles. The smallest absolute Gasteiger partial charge is 0.310 e. The molecule has 118 valence electrons. The summed E-state index contributed by atoms with van der Waals surface area (Å²) in [6.07, 6.45) is 8.21. The van der Waals surface area contributed by atoms with E-state index in [1.165, 1.54) is 38.2 Å². The number of rotatable bonds is 11. The predicted molar refractivity (Wildman–Crippen MR) is 82.5 cm³/mol. The van der Waals surface area contributed by atoms with E-state index < -0.39 is 4.92 Å². The van der Waals surface area contributed by atoms with Crippen molar-refractivity contribution < 1.29 is 14.8 Å². The van der Waals surface area contributed by atoms with Crippen LogP contribution in [0.25, 0.3) is 0 Å². The first-order chi connectivity index (χ1) is 10.2. The molecule has 0 heterocycles. The molecule has 0 saturated heterocycles. The maximum atomic E-state index is 10.9. The largest absolute Gasteiger partial charge is 0.487 e. The van der Waals surface area contributed by atoms with Crippen LogP contribution in [0.2, 0.25) is 0 Å². The maximum Gasteiger partial charge on any atom is 0.310 e. The van der Waals surface area contributed by atoms with Crippen LogP contribution in [0.3, 0.4) is 0 Å². The van der Waals surface area contributed by atoms with Gasteiger partial charge in [-0.2, -0.15) is 0 Å². The lowest BCUT2D eigenvalue weighted by molar-refractivity contribution is -0.385. The Morgan fingerprint density at radius 1 is 1.14 bits per heavy atom. The molecule has 1 aromatic rings.